The molecule has 104 valence electrons. The summed E-state index contributed by atoms with van der Waals surface area (Å²) in [5.41, 5.74) is 2.21. The Kier molecular flexibility index (Phi) is 4.35. The lowest BCUT2D eigenvalue weighted by Crippen LogP contribution is -2.25. The van der Waals surface area contributed by atoms with E-state index >= 15 is 0 Å². The maximum Gasteiger partial charge on any atom is 0.246 e. The minimum absolute atomic E-state index is 0.0329. The summed E-state index contributed by atoms with van der Waals surface area (Å²) >= 11 is 0. The van der Waals surface area contributed by atoms with Crippen LogP contribution < -0.4 is 0 Å². The zero-order chi connectivity index (χ0) is 14.5. The standard InChI is InChI=1S/C16H19N3O/c1-13-5-4-6-14(11-13)7-8-16(20)19(3)12-15-17-9-10-18(15)2/h4-11H,12H2,1-3H3. The Hall–Kier alpha value is -2.36. The highest BCUT2D eigenvalue weighted by molar-refractivity contribution is 5.91. The molecule has 0 radical (unpaired) electrons. The van der Waals surface area contributed by atoms with Crippen LogP contribution in [0, 0.1) is 6.92 Å². The zero-order valence-electron chi connectivity index (χ0n) is 12.1. The third kappa shape index (κ3) is 3.57. The van der Waals surface area contributed by atoms with Crippen LogP contribution in [0.25, 0.3) is 6.08 Å². The van der Waals surface area contributed by atoms with E-state index in [1.165, 1.54) is 5.56 Å². The fourth-order valence-electron chi connectivity index (χ4n) is 1.91. The maximum absolute atomic E-state index is 12.0. The van der Waals surface area contributed by atoms with Crippen LogP contribution in [0.15, 0.2) is 42.7 Å². The van der Waals surface area contributed by atoms with Gasteiger partial charge in [-0.1, -0.05) is 29.8 Å². The predicted octanol–water partition coefficient (Wildman–Crippen LogP) is 2.40. The highest BCUT2D eigenvalue weighted by atomic mass is 16.2. The van der Waals surface area contributed by atoms with Gasteiger partial charge in [0.1, 0.15) is 5.82 Å². The van der Waals surface area contributed by atoms with Crippen molar-refractivity contribution in [3.63, 3.8) is 0 Å². The van der Waals surface area contributed by atoms with E-state index in [9.17, 15) is 4.79 Å². The Balaban J connectivity index is 1.99. The summed E-state index contributed by atoms with van der Waals surface area (Å²) in [6.07, 6.45) is 7.04. The largest absolute Gasteiger partial charge is 0.337 e. The quantitative estimate of drug-likeness (QED) is 0.799. The van der Waals surface area contributed by atoms with Crippen LogP contribution in [0.4, 0.5) is 0 Å². The van der Waals surface area contributed by atoms with E-state index in [2.05, 4.69) is 4.98 Å². The molecule has 0 N–H and O–H groups in total. The molecule has 1 amide bonds. The number of benzene rings is 1. The van der Waals surface area contributed by atoms with Gasteiger partial charge in [0.05, 0.1) is 6.54 Å². The van der Waals surface area contributed by atoms with E-state index in [0.29, 0.717) is 6.54 Å². The van der Waals surface area contributed by atoms with E-state index in [1.54, 1.807) is 24.2 Å². The number of aryl methyl sites for hydroxylation is 2. The number of nitrogens with zero attached hydrogens (tertiary/aromatic N) is 3. The molecule has 0 spiro atoms. The third-order valence-electron chi connectivity index (χ3n) is 3.14. The first-order chi connectivity index (χ1) is 9.56. The summed E-state index contributed by atoms with van der Waals surface area (Å²) in [7, 11) is 3.70. The van der Waals surface area contributed by atoms with Gasteiger partial charge in [-0.25, -0.2) is 4.98 Å². The van der Waals surface area contributed by atoms with Crippen LogP contribution in [0.3, 0.4) is 0 Å². The van der Waals surface area contributed by atoms with Crippen molar-refractivity contribution in [2.24, 2.45) is 7.05 Å². The molecule has 2 rings (SSSR count). The summed E-state index contributed by atoms with van der Waals surface area (Å²) in [4.78, 5) is 17.9. The van der Waals surface area contributed by atoms with Gasteiger partial charge in [-0.3, -0.25) is 4.79 Å². The molecule has 1 aromatic heterocycles. The van der Waals surface area contributed by atoms with Crippen molar-refractivity contribution in [1.29, 1.82) is 0 Å². The van der Waals surface area contributed by atoms with Crippen LogP contribution in [0.5, 0.6) is 0 Å². The summed E-state index contributed by atoms with van der Waals surface area (Å²) < 4.78 is 1.91. The molecule has 0 aliphatic heterocycles. The molecule has 4 nitrogen and oxygen atoms in total. The van der Waals surface area contributed by atoms with Crippen LogP contribution in [-0.4, -0.2) is 27.4 Å². The first-order valence-electron chi connectivity index (χ1n) is 6.52. The van der Waals surface area contributed by atoms with Crippen LogP contribution in [0.1, 0.15) is 17.0 Å². The average molecular weight is 269 g/mol. The molecule has 0 aliphatic carbocycles. The van der Waals surface area contributed by atoms with Crippen molar-refractivity contribution >= 4 is 12.0 Å². The summed E-state index contributed by atoms with van der Waals surface area (Å²) in [6.45, 7) is 2.53. The highest BCUT2D eigenvalue weighted by Gasteiger charge is 2.08. The van der Waals surface area contributed by atoms with Crippen LogP contribution in [0.2, 0.25) is 0 Å². The molecule has 1 aromatic carbocycles. The number of rotatable bonds is 4. The number of carbonyl (C=O) groups excluding carboxylic acids is 1. The van der Waals surface area contributed by atoms with Gasteiger partial charge in [0, 0.05) is 32.6 Å². The lowest BCUT2D eigenvalue weighted by molar-refractivity contribution is -0.125. The number of hydrogen-bond acceptors (Lipinski definition) is 2. The van der Waals surface area contributed by atoms with E-state index in [4.69, 9.17) is 0 Å². The minimum Gasteiger partial charge on any atom is -0.337 e. The first kappa shape index (κ1) is 14.1. The van der Waals surface area contributed by atoms with Crippen molar-refractivity contribution in [3.8, 4) is 0 Å². The molecule has 0 atom stereocenters. The average Bonchev–Trinajstić information content (AvgIpc) is 2.81. The molecule has 0 fully saturated rings. The Bertz CT molecular complexity index is 628. The minimum atomic E-state index is -0.0329. The fourth-order valence-corrected chi connectivity index (χ4v) is 1.91. The molecular weight excluding hydrogens is 250 g/mol. The van der Waals surface area contributed by atoms with Gasteiger partial charge >= 0.3 is 0 Å². The van der Waals surface area contributed by atoms with Gasteiger partial charge in [-0.15, -0.1) is 0 Å². The Labute approximate surface area is 119 Å². The Morgan fingerprint density at radius 3 is 2.90 bits per heavy atom. The monoisotopic (exact) mass is 269 g/mol. The van der Waals surface area contributed by atoms with Crippen LogP contribution >= 0.6 is 0 Å². The van der Waals surface area contributed by atoms with Crippen LogP contribution in [-0.2, 0) is 18.4 Å². The molecule has 0 unspecified atom stereocenters. The van der Waals surface area contributed by atoms with E-state index < -0.39 is 0 Å². The smallest absolute Gasteiger partial charge is 0.246 e. The number of hydrogen-bond donors (Lipinski definition) is 0. The molecule has 0 saturated carbocycles. The molecule has 4 heteroatoms. The zero-order valence-corrected chi connectivity index (χ0v) is 12.1. The molecule has 0 bridgehead atoms. The maximum atomic E-state index is 12.0. The normalized spacial score (nSPS) is 10.9. The summed E-state index contributed by atoms with van der Waals surface area (Å²) in [6, 6.07) is 8.04. The number of likely N-dealkylation sites (N-methyl/N-ethyl adjacent to an activating group) is 1. The molecule has 0 saturated heterocycles. The number of imidazole rings is 1. The topological polar surface area (TPSA) is 38.1 Å². The van der Waals surface area contributed by atoms with Gasteiger partial charge < -0.3 is 9.47 Å². The molecular formula is C16H19N3O. The third-order valence-corrected chi connectivity index (χ3v) is 3.14. The molecule has 2 aromatic rings. The van der Waals surface area contributed by atoms with E-state index in [-0.39, 0.29) is 5.91 Å². The second-order valence-electron chi connectivity index (χ2n) is 4.90. The predicted molar refractivity (Wildman–Crippen MR) is 79.9 cm³/mol. The van der Waals surface area contributed by atoms with E-state index in [0.717, 1.165) is 11.4 Å². The van der Waals surface area contributed by atoms with Crippen molar-refractivity contribution < 1.29 is 4.79 Å². The highest BCUT2D eigenvalue weighted by Crippen LogP contribution is 2.07. The molecule has 20 heavy (non-hydrogen) atoms. The fraction of sp³-hybridized carbons (Fsp3) is 0.250. The lowest BCUT2D eigenvalue weighted by atomic mass is 10.1. The van der Waals surface area contributed by atoms with Gasteiger partial charge in [0.25, 0.3) is 0 Å². The molecule has 0 aliphatic rings. The van der Waals surface area contributed by atoms with Gasteiger partial charge in [-0.2, -0.15) is 0 Å². The number of amides is 1. The van der Waals surface area contributed by atoms with Crippen molar-refractivity contribution in [1.82, 2.24) is 14.5 Å². The van der Waals surface area contributed by atoms with Gasteiger partial charge in [-0.05, 0) is 18.6 Å². The van der Waals surface area contributed by atoms with Crippen molar-refractivity contribution in [3.05, 3.63) is 59.7 Å². The molecule has 1 heterocycles. The first-order valence-corrected chi connectivity index (χ1v) is 6.52. The van der Waals surface area contributed by atoms with E-state index in [1.807, 2.05) is 55.1 Å². The second kappa shape index (κ2) is 6.19. The Morgan fingerprint density at radius 2 is 2.25 bits per heavy atom. The second-order valence-corrected chi connectivity index (χ2v) is 4.90. The number of aromatic nitrogens is 2. The van der Waals surface area contributed by atoms with Crippen molar-refractivity contribution in [2.75, 3.05) is 7.05 Å². The Morgan fingerprint density at radius 1 is 1.45 bits per heavy atom. The summed E-state index contributed by atoms with van der Waals surface area (Å²) in [5.74, 6) is 0.833. The summed E-state index contributed by atoms with van der Waals surface area (Å²) in [5, 5.41) is 0. The number of carbonyl (C=O) groups is 1. The van der Waals surface area contributed by atoms with Gasteiger partial charge in [0.2, 0.25) is 5.91 Å². The SMILES string of the molecule is Cc1cccc(C=CC(=O)N(C)Cc2nccn2C)c1. The van der Waals surface area contributed by atoms with Crippen molar-refractivity contribution in [2.45, 2.75) is 13.5 Å². The van der Waals surface area contributed by atoms with Gasteiger partial charge in [0.15, 0.2) is 0 Å². The lowest BCUT2D eigenvalue weighted by Gasteiger charge is -2.14.